The smallest absolute Gasteiger partial charge is 0.248 e. The fraction of sp³-hybridized carbons (Fsp3) is 0.353. The van der Waals surface area contributed by atoms with Crippen molar-refractivity contribution in [3.05, 3.63) is 42.6 Å². The highest BCUT2D eigenvalue weighted by Gasteiger charge is 2.17. The standard InChI is InChI=1S/C17H20N4O3/c22-16(8-7-15-6-3-9-24-15)20-14-10-18-21(11-14)12-17(23)19-13-4-1-2-5-13/h3,6-11,13H,1-2,4-5,12H2,(H,19,23)(H,20,22). The Morgan fingerprint density at radius 2 is 2.21 bits per heavy atom. The molecular formula is C17H20N4O3. The van der Waals surface area contributed by atoms with Gasteiger partial charge in [0.1, 0.15) is 12.3 Å². The molecule has 0 atom stereocenters. The second kappa shape index (κ2) is 7.63. The molecule has 0 spiro atoms. The molecule has 7 nitrogen and oxygen atoms in total. The van der Waals surface area contributed by atoms with E-state index >= 15 is 0 Å². The Balaban J connectivity index is 1.47. The minimum absolute atomic E-state index is 0.0550. The van der Waals surface area contributed by atoms with Crippen LogP contribution in [0.25, 0.3) is 6.08 Å². The van der Waals surface area contributed by atoms with Crippen LogP contribution in [0.3, 0.4) is 0 Å². The van der Waals surface area contributed by atoms with E-state index in [0.717, 1.165) is 12.8 Å². The number of carbonyl (C=O) groups is 2. The molecule has 1 aliphatic carbocycles. The molecule has 1 fully saturated rings. The summed E-state index contributed by atoms with van der Waals surface area (Å²) >= 11 is 0. The maximum atomic E-state index is 12.0. The Kier molecular flexibility index (Phi) is 5.10. The number of hydrogen-bond acceptors (Lipinski definition) is 4. The molecule has 2 amide bonds. The van der Waals surface area contributed by atoms with Crippen molar-refractivity contribution in [1.29, 1.82) is 0 Å². The molecule has 0 aliphatic heterocycles. The van der Waals surface area contributed by atoms with E-state index in [1.54, 1.807) is 24.4 Å². The van der Waals surface area contributed by atoms with Gasteiger partial charge in [-0.2, -0.15) is 5.10 Å². The van der Waals surface area contributed by atoms with Crippen molar-refractivity contribution in [2.45, 2.75) is 38.3 Å². The van der Waals surface area contributed by atoms with Gasteiger partial charge in [-0.15, -0.1) is 0 Å². The Morgan fingerprint density at radius 3 is 2.96 bits per heavy atom. The first-order valence-electron chi connectivity index (χ1n) is 8.03. The van der Waals surface area contributed by atoms with Gasteiger partial charge in [0.2, 0.25) is 11.8 Å². The molecular weight excluding hydrogens is 308 g/mol. The Hall–Kier alpha value is -2.83. The number of rotatable bonds is 6. The summed E-state index contributed by atoms with van der Waals surface area (Å²) in [6.07, 6.45) is 12.1. The third-order valence-corrected chi connectivity index (χ3v) is 3.87. The molecule has 0 unspecified atom stereocenters. The lowest BCUT2D eigenvalue weighted by atomic mass is 10.2. The normalized spacial score (nSPS) is 15.0. The summed E-state index contributed by atoms with van der Waals surface area (Å²) in [4.78, 5) is 23.8. The van der Waals surface area contributed by atoms with E-state index in [9.17, 15) is 9.59 Å². The molecule has 2 aromatic heterocycles. The zero-order valence-corrected chi connectivity index (χ0v) is 13.3. The van der Waals surface area contributed by atoms with Crippen LogP contribution >= 0.6 is 0 Å². The minimum Gasteiger partial charge on any atom is -0.465 e. The summed E-state index contributed by atoms with van der Waals surface area (Å²) in [5.41, 5.74) is 0.540. The largest absolute Gasteiger partial charge is 0.465 e. The third kappa shape index (κ3) is 4.58. The van der Waals surface area contributed by atoms with Crippen LogP contribution in [0.5, 0.6) is 0 Å². The molecule has 24 heavy (non-hydrogen) atoms. The van der Waals surface area contributed by atoms with E-state index in [-0.39, 0.29) is 18.4 Å². The number of carbonyl (C=O) groups excluding carboxylic acids is 2. The van der Waals surface area contributed by atoms with Crippen LogP contribution in [0, 0.1) is 0 Å². The fourth-order valence-electron chi connectivity index (χ4n) is 2.73. The van der Waals surface area contributed by atoms with E-state index in [1.165, 1.54) is 36.1 Å². The molecule has 0 saturated heterocycles. The monoisotopic (exact) mass is 328 g/mol. The van der Waals surface area contributed by atoms with Crippen LogP contribution in [0.1, 0.15) is 31.4 Å². The zero-order valence-electron chi connectivity index (χ0n) is 13.3. The van der Waals surface area contributed by atoms with Crippen molar-refractivity contribution in [2.24, 2.45) is 0 Å². The van der Waals surface area contributed by atoms with Gasteiger partial charge in [-0.05, 0) is 31.1 Å². The lowest BCUT2D eigenvalue weighted by Gasteiger charge is -2.11. The highest BCUT2D eigenvalue weighted by atomic mass is 16.3. The molecule has 2 aromatic rings. The lowest BCUT2D eigenvalue weighted by Crippen LogP contribution is -2.35. The second-order valence-electron chi connectivity index (χ2n) is 5.81. The van der Waals surface area contributed by atoms with E-state index in [2.05, 4.69) is 15.7 Å². The summed E-state index contributed by atoms with van der Waals surface area (Å²) in [5, 5.41) is 9.79. The van der Waals surface area contributed by atoms with Crippen LogP contribution in [0.15, 0.2) is 41.3 Å². The summed E-state index contributed by atoms with van der Waals surface area (Å²) in [5.74, 6) is 0.256. The fourth-order valence-corrected chi connectivity index (χ4v) is 2.73. The molecule has 1 saturated carbocycles. The molecule has 0 bridgehead atoms. The van der Waals surface area contributed by atoms with Crippen LogP contribution in [0.2, 0.25) is 0 Å². The number of anilines is 1. The molecule has 3 rings (SSSR count). The average molecular weight is 328 g/mol. The molecule has 126 valence electrons. The van der Waals surface area contributed by atoms with Gasteiger partial charge < -0.3 is 15.1 Å². The van der Waals surface area contributed by atoms with E-state index in [4.69, 9.17) is 4.42 Å². The highest BCUT2D eigenvalue weighted by Crippen LogP contribution is 2.17. The summed E-state index contributed by atoms with van der Waals surface area (Å²) in [7, 11) is 0. The molecule has 2 N–H and O–H groups in total. The summed E-state index contributed by atoms with van der Waals surface area (Å²) in [6, 6.07) is 3.79. The van der Waals surface area contributed by atoms with Gasteiger partial charge in [0.25, 0.3) is 0 Å². The highest BCUT2D eigenvalue weighted by molar-refractivity contribution is 6.01. The predicted octanol–water partition coefficient (Wildman–Crippen LogP) is 2.19. The van der Waals surface area contributed by atoms with E-state index in [1.807, 2.05) is 0 Å². The Morgan fingerprint density at radius 1 is 1.38 bits per heavy atom. The van der Waals surface area contributed by atoms with Gasteiger partial charge >= 0.3 is 0 Å². The molecule has 2 heterocycles. The van der Waals surface area contributed by atoms with Crippen molar-refractivity contribution >= 4 is 23.6 Å². The van der Waals surface area contributed by atoms with Crippen LogP contribution in [0.4, 0.5) is 5.69 Å². The predicted molar refractivity (Wildman–Crippen MR) is 89.0 cm³/mol. The number of hydrogen-bond donors (Lipinski definition) is 2. The Bertz CT molecular complexity index is 712. The summed E-state index contributed by atoms with van der Waals surface area (Å²) in [6.45, 7) is 0.147. The first-order valence-corrected chi connectivity index (χ1v) is 8.03. The molecule has 7 heteroatoms. The molecule has 0 radical (unpaired) electrons. The van der Waals surface area contributed by atoms with Crippen molar-refractivity contribution in [1.82, 2.24) is 15.1 Å². The topological polar surface area (TPSA) is 89.2 Å². The van der Waals surface area contributed by atoms with Gasteiger partial charge in [-0.1, -0.05) is 12.8 Å². The number of furan rings is 1. The van der Waals surface area contributed by atoms with Gasteiger partial charge in [0, 0.05) is 18.3 Å². The first kappa shape index (κ1) is 16.0. The van der Waals surface area contributed by atoms with Gasteiger partial charge in [0.05, 0.1) is 18.1 Å². The quantitative estimate of drug-likeness (QED) is 0.796. The van der Waals surface area contributed by atoms with Crippen LogP contribution < -0.4 is 10.6 Å². The van der Waals surface area contributed by atoms with Crippen LogP contribution in [-0.2, 0) is 16.1 Å². The zero-order chi connectivity index (χ0) is 16.8. The van der Waals surface area contributed by atoms with E-state index < -0.39 is 0 Å². The van der Waals surface area contributed by atoms with Gasteiger partial charge in [0.15, 0.2) is 0 Å². The molecule has 0 aromatic carbocycles. The summed E-state index contributed by atoms with van der Waals surface area (Å²) < 4.78 is 6.62. The number of nitrogens with one attached hydrogen (secondary N) is 2. The minimum atomic E-state index is -0.290. The maximum absolute atomic E-state index is 12.0. The Labute approximate surface area is 139 Å². The van der Waals surface area contributed by atoms with Crippen molar-refractivity contribution in [3.8, 4) is 0 Å². The van der Waals surface area contributed by atoms with Gasteiger partial charge in [-0.3, -0.25) is 14.3 Å². The van der Waals surface area contributed by atoms with Crippen molar-refractivity contribution < 1.29 is 14.0 Å². The lowest BCUT2D eigenvalue weighted by molar-refractivity contribution is -0.122. The SMILES string of the molecule is O=C(C=Cc1ccco1)Nc1cnn(CC(=O)NC2CCCC2)c1. The average Bonchev–Trinajstić information content (AvgIpc) is 3.28. The van der Waals surface area contributed by atoms with Crippen molar-refractivity contribution in [3.63, 3.8) is 0 Å². The molecule has 1 aliphatic rings. The number of aromatic nitrogens is 2. The van der Waals surface area contributed by atoms with Crippen molar-refractivity contribution in [2.75, 3.05) is 5.32 Å². The maximum Gasteiger partial charge on any atom is 0.248 e. The second-order valence-corrected chi connectivity index (χ2v) is 5.81. The third-order valence-electron chi connectivity index (χ3n) is 3.87. The van der Waals surface area contributed by atoms with E-state index in [0.29, 0.717) is 17.5 Å². The first-order chi connectivity index (χ1) is 11.7. The van der Waals surface area contributed by atoms with Crippen LogP contribution in [-0.4, -0.2) is 27.6 Å². The van der Waals surface area contributed by atoms with Gasteiger partial charge in [-0.25, -0.2) is 0 Å². The number of amides is 2. The number of nitrogens with zero attached hydrogens (tertiary/aromatic N) is 2.